The minimum absolute atomic E-state index is 0.0216. The summed E-state index contributed by atoms with van der Waals surface area (Å²) >= 11 is 0. The fourth-order valence-electron chi connectivity index (χ4n) is 3.86. The number of hydrogen-bond donors (Lipinski definition) is 2. The number of carbonyl (C=O) groups is 1. The van der Waals surface area contributed by atoms with E-state index in [0.29, 0.717) is 17.5 Å². The number of aromatic hydroxyl groups is 1. The maximum atomic E-state index is 11.8. The monoisotopic (exact) mass is 374 g/mol. The van der Waals surface area contributed by atoms with Crippen LogP contribution in [0.15, 0.2) is 72.8 Å². The zero-order valence-corrected chi connectivity index (χ0v) is 16.3. The first kappa shape index (κ1) is 19.7. The summed E-state index contributed by atoms with van der Waals surface area (Å²) in [5.41, 5.74) is 3.64. The van der Waals surface area contributed by atoms with Crippen LogP contribution in [0.4, 0.5) is 0 Å². The van der Waals surface area contributed by atoms with Crippen LogP contribution in [-0.2, 0) is 6.42 Å². The van der Waals surface area contributed by atoms with Crippen LogP contribution in [-0.4, -0.2) is 16.2 Å². The molecule has 3 heteroatoms. The Morgan fingerprint density at radius 2 is 1.46 bits per heavy atom. The summed E-state index contributed by atoms with van der Waals surface area (Å²) in [6.07, 6.45) is 1.33. The van der Waals surface area contributed by atoms with Crippen LogP contribution in [0.2, 0.25) is 0 Å². The highest BCUT2D eigenvalue weighted by atomic mass is 16.4. The molecular formula is C25H26O3. The number of benzene rings is 3. The molecule has 0 saturated carbocycles. The topological polar surface area (TPSA) is 57.5 Å². The fourth-order valence-corrected chi connectivity index (χ4v) is 3.86. The Hall–Kier alpha value is -3.07. The van der Waals surface area contributed by atoms with E-state index in [0.717, 1.165) is 12.0 Å². The van der Waals surface area contributed by atoms with E-state index in [-0.39, 0.29) is 23.1 Å². The van der Waals surface area contributed by atoms with Crippen molar-refractivity contribution in [3.8, 4) is 5.75 Å². The Balaban J connectivity index is 2.08. The van der Waals surface area contributed by atoms with Crippen LogP contribution in [0.3, 0.4) is 0 Å². The summed E-state index contributed by atoms with van der Waals surface area (Å²) in [6, 6.07) is 24.0. The number of aromatic carboxylic acids is 1. The molecule has 0 saturated heterocycles. The fraction of sp³-hybridized carbons (Fsp3) is 0.240. The van der Waals surface area contributed by atoms with Gasteiger partial charge in [-0.25, -0.2) is 4.79 Å². The van der Waals surface area contributed by atoms with Crippen molar-refractivity contribution < 1.29 is 15.0 Å². The first-order chi connectivity index (χ1) is 13.5. The van der Waals surface area contributed by atoms with E-state index >= 15 is 0 Å². The molecule has 2 N–H and O–H groups in total. The van der Waals surface area contributed by atoms with E-state index in [4.69, 9.17) is 0 Å². The van der Waals surface area contributed by atoms with Gasteiger partial charge in [0.25, 0.3) is 0 Å². The number of hydrogen-bond acceptors (Lipinski definition) is 2. The van der Waals surface area contributed by atoms with Gasteiger partial charge < -0.3 is 10.2 Å². The summed E-state index contributed by atoms with van der Waals surface area (Å²) in [6.45, 7) is 4.06. The van der Waals surface area contributed by atoms with Gasteiger partial charge in [-0.1, -0.05) is 86.6 Å². The Kier molecular flexibility index (Phi) is 6.15. The minimum Gasteiger partial charge on any atom is -0.507 e. The molecule has 28 heavy (non-hydrogen) atoms. The van der Waals surface area contributed by atoms with E-state index in [1.807, 2.05) is 67.6 Å². The van der Waals surface area contributed by atoms with Crippen molar-refractivity contribution in [1.82, 2.24) is 0 Å². The molecular weight excluding hydrogens is 348 g/mol. The Morgan fingerprint density at radius 3 is 2.00 bits per heavy atom. The maximum Gasteiger partial charge on any atom is 0.339 e. The van der Waals surface area contributed by atoms with Crippen molar-refractivity contribution in [2.75, 3.05) is 0 Å². The van der Waals surface area contributed by atoms with Crippen LogP contribution in [0.25, 0.3) is 0 Å². The highest BCUT2D eigenvalue weighted by Crippen LogP contribution is 2.40. The summed E-state index contributed by atoms with van der Waals surface area (Å²) in [5, 5.41) is 20.6. The average Bonchev–Trinajstić information content (AvgIpc) is 2.72. The van der Waals surface area contributed by atoms with E-state index in [1.54, 1.807) is 0 Å². The number of phenols is 1. The van der Waals surface area contributed by atoms with Crippen LogP contribution < -0.4 is 0 Å². The highest BCUT2D eigenvalue weighted by molar-refractivity contribution is 5.93. The first-order valence-corrected chi connectivity index (χ1v) is 9.70. The Morgan fingerprint density at radius 1 is 0.893 bits per heavy atom. The van der Waals surface area contributed by atoms with E-state index in [1.165, 1.54) is 5.56 Å². The summed E-state index contributed by atoms with van der Waals surface area (Å²) in [4.78, 5) is 11.8. The minimum atomic E-state index is -1.08. The van der Waals surface area contributed by atoms with Crippen LogP contribution in [0.1, 0.15) is 64.7 Å². The third-order valence-corrected chi connectivity index (χ3v) is 5.43. The van der Waals surface area contributed by atoms with Gasteiger partial charge >= 0.3 is 5.97 Å². The molecule has 3 aromatic rings. The molecule has 0 fully saturated rings. The molecule has 0 heterocycles. The number of rotatable bonds is 7. The van der Waals surface area contributed by atoms with Crippen molar-refractivity contribution in [3.63, 3.8) is 0 Å². The standard InChI is InChI=1S/C25H26O3/c1-3-18-14-15-21(24(26)23(18)25(27)28)22(20-12-8-5-9-13-20)16-17(2)19-10-6-4-7-11-19/h4-15,17,22,26H,3,16H2,1-2H3,(H,27,28). The quantitative estimate of drug-likeness (QED) is 0.535. The predicted octanol–water partition coefficient (Wildman–Crippen LogP) is 5.98. The summed E-state index contributed by atoms with van der Waals surface area (Å²) in [5.74, 6) is -1.04. The largest absolute Gasteiger partial charge is 0.507 e. The van der Waals surface area contributed by atoms with Gasteiger partial charge in [-0.3, -0.25) is 0 Å². The van der Waals surface area contributed by atoms with Gasteiger partial charge in [0.05, 0.1) is 0 Å². The lowest BCUT2D eigenvalue weighted by Crippen LogP contribution is -2.10. The number of aryl methyl sites for hydroxylation is 1. The molecule has 0 aliphatic carbocycles. The second-order valence-corrected chi connectivity index (χ2v) is 7.21. The van der Waals surface area contributed by atoms with Crippen LogP contribution in [0.5, 0.6) is 5.75 Å². The van der Waals surface area contributed by atoms with Crippen molar-refractivity contribution in [2.24, 2.45) is 0 Å². The van der Waals surface area contributed by atoms with Gasteiger partial charge in [0, 0.05) is 11.5 Å². The number of carboxylic acids is 1. The van der Waals surface area contributed by atoms with Crippen molar-refractivity contribution in [3.05, 3.63) is 101 Å². The molecule has 0 aliphatic heterocycles. The molecule has 0 aromatic heterocycles. The third-order valence-electron chi connectivity index (χ3n) is 5.43. The average molecular weight is 374 g/mol. The second kappa shape index (κ2) is 8.75. The van der Waals surface area contributed by atoms with Crippen molar-refractivity contribution in [2.45, 2.75) is 38.5 Å². The molecule has 0 bridgehead atoms. The lowest BCUT2D eigenvalue weighted by Gasteiger charge is -2.24. The van der Waals surface area contributed by atoms with E-state index in [9.17, 15) is 15.0 Å². The smallest absolute Gasteiger partial charge is 0.339 e. The Labute approximate surface area is 166 Å². The highest BCUT2D eigenvalue weighted by Gasteiger charge is 2.25. The van der Waals surface area contributed by atoms with Crippen molar-refractivity contribution >= 4 is 5.97 Å². The molecule has 0 radical (unpaired) electrons. The van der Waals surface area contributed by atoms with Gasteiger partial charge in [0.15, 0.2) is 0 Å². The van der Waals surface area contributed by atoms with Gasteiger partial charge in [-0.2, -0.15) is 0 Å². The van der Waals surface area contributed by atoms with Gasteiger partial charge in [-0.05, 0) is 35.4 Å². The molecule has 3 aromatic carbocycles. The molecule has 2 atom stereocenters. The predicted molar refractivity (Wildman–Crippen MR) is 112 cm³/mol. The van der Waals surface area contributed by atoms with Gasteiger partial charge in [0.2, 0.25) is 0 Å². The third kappa shape index (κ3) is 4.09. The SMILES string of the molecule is CCc1ccc(C(CC(C)c2ccccc2)c2ccccc2)c(O)c1C(=O)O. The van der Waals surface area contributed by atoms with Crippen molar-refractivity contribution in [1.29, 1.82) is 0 Å². The molecule has 0 spiro atoms. The molecule has 144 valence electrons. The lowest BCUT2D eigenvalue weighted by molar-refractivity contribution is 0.0692. The molecule has 3 rings (SSSR count). The Bertz CT molecular complexity index is 933. The lowest BCUT2D eigenvalue weighted by atomic mass is 9.80. The van der Waals surface area contributed by atoms with Gasteiger partial charge in [0.1, 0.15) is 11.3 Å². The molecule has 0 aliphatic rings. The first-order valence-electron chi connectivity index (χ1n) is 9.70. The molecule has 2 unspecified atom stereocenters. The van der Waals surface area contributed by atoms with Crippen LogP contribution in [0, 0.1) is 0 Å². The zero-order chi connectivity index (χ0) is 20.1. The van der Waals surface area contributed by atoms with E-state index < -0.39 is 5.97 Å². The van der Waals surface area contributed by atoms with E-state index in [2.05, 4.69) is 19.1 Å². The molecule has 0 amide bonds. The van der Waals surface area contributed by atoms with Crippen LogP contribution >= 0.6 is 0 Å². The molecule has 3 nitrogen and oxygen atoms in total. The summed E-state index contributed by atoms with van der Waals surface area (Å²) in [7, 11) is 0. The summed E-state index contributed by atoms with van der Waals surface area (Å²) < 4.78 is 0. The van der Waals surface area contributed by atoms with Gasteiger partial charge in [-0.15, -0.1) is 0 Å². The second-order valence-electron chi connectivity index (χ2n) is 7.21. The zero-order valence-electron chi connectivity index (χ0n) is 16.3. The maximum absolute atomic E-state index is 11.8. The number of carboxylic acid groups (broad SMARTS) is 1. The normalized spacial score (nSPS) is 13.1.